The van der Waals surface area contributed by atoms with Crippen LogP contribution in [0.15, 0.2) is 53.4 Å². The van der Waals surface area contributed by atoms with E-state index in [1.165, 1.54) is 19.2 Å². The van der Waals surface area contributed by atoms with E-state index in [1.54, 1.807) is 25.1 Å². The SMILES string of the molecule is COc1ccccc1[C@H](C)NS(=O)(=O)c1ccc(F)cc1. The number of nitrogens with one attached hydrogen (secondary N) is 1. The monoisotopic (exact) mass is 309 g/mol. The molecule has 0 heterocycles. The highest BCUT2D eigenvalue weighted by Crippen LogP contribution is 2.25. The van der Waals surface area contributed by atoms with Gasteiger partial charge in [0.1, 0.15) is 11.6 Å². The highest BCUT2D eigenvalue weighted by molar-refractivity contribution is 7.89. The van der Waals surface area contributed by atoms with Crippen molar-refractivity contribution >= 4 is 10.0 Å². The minimum atomic E-state index is -3.72. The van der Waals surface area contributed by atoms with Crippen molar-refractivity contribution in [1.29, 1.82) is 0 Å². The van der Waals surface area contributed by atoms with E-state index in [1.807, 2.05) is 6.07 Å². The first-order valence-corrected chi connectivity index (χ1v) is 7.83. The molecule has 0 saturated carbocycles. The number of sulfonamides is 1. The lowest BCUT2D eigenvalue weighted by atomic mass is 10.1. The first-order chi connectivity index (χ1) is 9.94. The van der Waals surface area contributed by atoms with Crippen LogP contribution in [0.4, 0.5) is 4.39 Å². The van der Waals surface area contributed by atoms with Gasteiger partial charge in [0.2, 0.25) is 10.0 Å². The molecule has 112 valence electrons. The molecule has 0 aromatic heterocycles. The van der Waals surface area contributed by atoms with E-state index in [0.717, 1.165) is 17.7 Å². The molecule has 4 nitrogen and oxygen atoms in total. The number of hydrogen-bond donors (Lipinski definition) is 1. The maximum absolute atomic E-state index is 12.9. The van der Waals surface area contributed by atoms with Crippen LogP contribution >= 0.6 is 0 Å². The molecule has 0 unspecified atom stereocenters. The summed E-state index contributed by atoms with van der Waals surface area (Å²) < 4.78 is 45.1. The zero-order valence-electron chi connectivity index (χ0n) is 11.7. The highest BCUT2D eigenvalue weighted by Gasteiger charge is 2.20. The van der Waals surface area contributed by atoms with Gasteiger partial charge in [-0.2, -0.15) is 0 Å². The van der Waals surface area contributed by atoms with Crippen LogP contribution < -0.4 is 9.46 Å². The van der Waals surface area contributed by atoms with Gasteiger partial charge in [-0.15, -0.1) is 0 Å². The van der Waals surface area contributed by atoms with Crippen LogP contribution in [0.5, 0.6) is 5.75 Å². The zero-order chi connectivity index (χ0) is 15.5. The van der Waals surface area contributed by atoms with Crippen LogP contribution in [0.2, 0.25) is 0 Å². The third kappa shape index (κ3) is 3.59. The van der Waals surface area contributed by atoms with Crippen LogP contribution in [0, 0.1) is 5.82 Å². The maximum atomic E-state index is 12.9. The fraction of sp³-hybridized carbons (Fsp3) is 0.200. The van der Waals surface area contributed by atoms with E-state index in [0.29, 0.717) is 5.75 Å². The Morgan fingerprint density at radius 2 is 1.71 bits per heavy atom. The first-order valence-electron chi connectivity index (χ1n) is 6.35. The maximum Gasteiger partial charge on any atom is 0.241 e. The van der Waals surface area contributed by atoms with Crippen molar-refractivity contribution in [3.05, 3.63) is 59.9 Å². The summed E-state index contributed by atoms with van der Waals surface area (Å²) in [6.45, 7) is 1.72. The number of methoxy groups -OCH3 is 1. The summed E-state index contributed by atoms with van der Waals surface area (Å²) in [6, 6.07) is 11.4. The topological polar surface area (TPSA) is 55.4 Å². The summed E-state index contributed by atoms with van der Waals surface area (Å²) in [5.41, 5.74) is 0.727. The average molecular weight is 309 g/mol. The molecule has 0 amide bonds. The molecule has 1 atom stereocenters. The fourth-order valence-corrected chi connectivity index (χ4v) is 3.23. The average Bonchev–Trinajstić information content (AvgIpc) is 2.47. The van der Waals surface area contributed by atoms with E-state index in [2.05, 4.69) is 4.72 Å². The number of benzene rings is 2. The summed E-state index contributed by atoms with van der Waals surface area (Å²) in [5.74, 6) is 0.124. The van der Waals surface area contributed by atoms with Gasteiger partial charge in [0.05, 0.1) is 12.0 Å². The standard InChI is InChI=1S/C15H16FNO3S/c1-11(14-5-3-4-6-15(14)20-2)17-21(18,19)13-9-7-12(16)8-10-13/h3-11,17H,1-2H3/t11-/m0/s1. The minimum Gasteiger partial charge on any atom is -0.496 e. The molecular formula is C15H16FNO3S. The molecule has 2 rings (SSSR count). The Morgan fingerprint density at radius 1 is 1.10 bits per heavy atom. The van der Waals surface area contributed by atoms with Gasteiger partial charge < -0.3 is 4.74 Å². The molecule has 0 aliphatic carbocycles. The molecule has 2 aromatic rings. The van der Waals surface area contributed by atoms with E-state index in [4.69, 9.17) is 4.74 Å². The van der Waals surface area contributed by atoms with Gasteiger partial charge in [-0.3, -0.25) is 0 Å². The van der Waals surface area contributed by atoms with Gasteiger partial charge >= 0.3 is 0 Å². The van der Waals surface area contributed by atoms with Crippen LogP contribution in [0.25, 0.3) is 0 Å². The second-order valence-corrected chi connectivity index (χ2v) is 6.25. The second kappa shape index (κ2) is 6.24. The number of rotatable bonds is 5. The third-order valence-corrected chi connectivity index (χ3v) is 4.62. The number of halogens is 1. The lowest BCUT2D eigenvalue weighted by Gasteiger charge is -2.17. The molecule has 0 aliphatic rings. The quantitative estimate of drug-likeness (QED) is 0.924. The number of ether oxygens (including phenoxy) is 1. The largest absolute Gasteiger partial charge is 0.496 e. The van der Waals surface area contributed by atoms with Crippen LogP contribution in [-0.4, -0.2) is 15.5 Å². The Hall–Kier alpha value is -1.92. The van der Waals surface area contributed by atoms with Crippen LogP contribution in [-0.2, 0) is 10.0 Å². The van der Waals surface area contributed by atoms with Gasteiger partial charge in [-0.05, 0) is 37.3 Å². The third-order valence-electron chi connectivity index (χ3n) is 3.06. The molecule has 0 fully saturated rings. The summed E-state index contributed by atoms with van der Waals surface area (Å²) in [4.78, 5) is 0.0191. The minimum absolute atomic E-state index is 0.0191. The molecule has 21 heavy (non-hydrogen) atoms. The predicted octanol–water partition coefficient (Wildman–Crippen LogP) is 2.87. The summed E-state index contributed by atoms with van der Waals surface area (Å²) in [7, 11) is -2.19. The Kier molecular flexibility index (Phi) is 4.59. The van der Waals surface area contributed by atoms with E-state index >= 15 is 0 Å². The Bertz CT molecular complexity index is 714. The molecular weight excluding hydrogens is 293 g/mol. The molecule has 0 spiro atoms. The molecule has 2 aromatic carbocycles. The summed E-state index contributed by atoms with van der Waals surface area (Å²) in [5, 5.41) is 0. The highest BCUT2D eigenvalue weighted by atomic mass is 32.2. The van der Waals surface area contributed by atoms with Crippen LogP contribution in [0.3, 0.4) is 0 Å². The van der Waals surface area contributed by atoms with Gasteiger partial charge in [-0.1, -0.05) is 18.2 Å². The molecule has 0 aliphatic heterocycles. The van der Waals surface area contributed by atoms with Crippen LogP contribution in [0.1, 0.15) is 18.5 Å². The van der Waals surface area contributed by atoms with Crippen molar-refractivity contribution < 1.29 is 17.5 Å². The van der Waals surface area contributed by atoms with E-state index in [-0.39, 0.29) is 4.90 Å². The molecule has 0 radical (unpaired) electrons. The van der Waals surface area contributed by atoms with Crippen molar-refractivity contribution in [3.8, 4) is 5.75 Å². The smallest absolute Gasteiger partial charge is 0.241 e. The lowest BCUT2D eigenvalue weighted by Crippen LogP contribution is -2.27. The normalized spacial score (nSPS) is 12.9. The van der Waals surface area contributed by atoms with Gasteiger partial charge in [0.25, 0.3) is 0 Å². The summed E-state index contributed by atoms with van der Waals surface area (Å²) >= 11 is 0. The van der Waals surface area contributed by atoms with E-state index < -0.39 is 21.9 Å². The predicted molar refractivity (Wildman–Crippen MR) is 78.1 cm³/mol. The van der Waals surface area contributed by atoms with E-state index in [9.17, 15) is 12.8 Å². The summed E-state index contributed by atoms with van der Waals surface area (Å²) in [6.07, 6.45) is 0. The first kappa shape index (κ1) is 15.5. The molecule has 0 saturated heterocycles. The lowest BCUT2D eigenvalue weighted by molar-refractivity contribution is 0.405. The molecule has 6 heteroatoms. The van der Waals surface area contributed by atoms with Crippen molar-refractivity contribution in [2.24, 2.45) is 0 Å². The Labute approximate surface area is 123 Å². The fourth-order valence-electron chi connectivity index (χ4n) is 2.00. The molecule has 0 bridgehead atoms. The van der Waals surface area contributed by atoms with Crippen molar-refractivity contribution in [1.82, 2.24) is 4.72 Å². The molecule has 1 N–H and O–H groups in total. The Balaban J connectivity index is 2.25. The Morgan fingerprint density at radius 3 is 2.33 bits per heavy atom. The zero-order valence-corrected chi connectivity index (χ0v) is 12.5. The van der Waals surface area contributed by atoms with Gasteiger partial charge in [0, 0.05) is 11.6 Å². The second-order valence-electron chi connectivity index (χ2n) is 4.54. The number of para-hydroxylation sites is 1. The van der Waals surface area contributed by atoms with Crippen molar-refractivity contribution in [2.75, 3.05) is 7.11 Å². The van der Waals surface area contributed by atoms with Crippen molar-refractivity contribution in [3.63, 3.8) is 0 Å². The number of hydrogen-bond acceptors (Lipinski definition) is 3. The van der Waals surface area contributed by atoms with Crippen molar-refractivity contribution in [2.45, 2.75) is 17.9 Å². The van der Waals surface area contributed by atoms with Gasteiger partial charge in [0.15, 0.2) is 0 Å². The van der Waals surface area contributed by atoms with Gasteiger partial charge in [-0.25, -0.2) is 17.5 Å².